The van der Waals surface area contributed by atoms with Crippen molar-refractivity contribution in [1.29, 1.82) is 0 Å². The van der Waals surface area contributed by atoms with Crippen LogP contribution in [0.3, 0.4) is 0 Å². The number of carbonyl (C=O) groups excluding carboxylic acids is 1. The van der Waals surface area contributed by atoms with Crippen molar-refractivity contribution in [2.75, 3.05) is 17.7 Å². The predicted octanol–water partition coefficient (Wildman–Crippen LogP) is 2.62. The lowest BCUT2D eigenvalue weighted by atomic mass is 10.2. The molecule has 0 unspecified atom stereocenters. The van der Waals surface area contributed by atoms with Crippen molar-refractivity contribution >= 4 is 17.4 Å². The zero-order valence-corrected chi connectivity index (χ0v) is 13.2. The highest BCUT2D eigenvalue weighted by atomic mass is 16.5. The molecule has 8 nitrogen and oxygen atoms in total. The first kappa shape index (κ1) is 15.5. The summed E-state index contributed by atoms with van der Waals surface area (Å²) < 4.78 is 6.81. The first-order chi connectivity index (χ1) is 11.7. The molecule has 2 aromatic heterocycles. The Morgan fingerprint density at radius 3 is 2.62 bits per heavy atom. The highest BCUT2D eigenvalue weighted by Gasteiger charge is 2.07. The fourth-order valence-corrected chi connectivity index (χ4v) is 2.08. The van der Waals surface area contributed by atoms with Gasteiger partial charge in [-0.3, -0.25) is 4.57 Å². The average Bonchev–Trinajstić information content (AvgIpc) is 3.12. The third-order valence-electron chi connectivity index (χ3n) is 3.31. The molecule has 2 N–H and O–H groups in total. The van der Waals surface area contributed by atoms with Crippen LogP contribution < -0.4 is 15.4 Å². The van der Waals surface area contributed by atoms with Gasteiger partial charge in [0.05, 0.1) is 25.2 Å². The number of hydrogen-bond acceptors (Lipinski definition) is 5. The molecule has 0 saturated heterocycles. The maximum Gasteiger partial charge on any atom is 0.323 e. The molecule has 24 heavy (non-hydrogen) atoms. The maximum absolute atomic E-state index is 12.1. The number of aryl methyl sites for hydroxylation is 1. The lowest BCUT2D eigenvalue weighted by Gasteiger charge is -2.11. The second kappa shape index (κ2) is 6.78. The van der Waals surface area contributed by atoms with Crippen molar-refractivity contribution < 1.29 is 9.53 Å². The van der Waals surface area contributed by atoms with E-state index in [0.29, 0.717) is 17.3 Å². The third kappa shape index (κ3) is 3.49. The molecule has 0 atom stereocenters. The van der Waals surface area contributed by atoms with Crippen LogP contribution in [-0.4, -0.2) is 32.7 Å². The zero-order valence-electron chi connectivity index (χ0n) is 13.2. The molecule has 1 aromatic carbocycles. The number of nitrogens with one attached hydrogen (secondary N) is 2. The van der Waals surface area contributed by atoms with Crippen molar-refractivity contribution in [1.82, 2.24) is 19.5 Å². The molecule has 2 amide bonds. The van der Waals surface area contributed by atoms with Gasteiger partial charge in [-0.1, -0.05) is 0 Å². The van der Waals surface area contributed by atoms with Crippen molar-refractivity contribution in [3.8, 4) is 11.7 Å². The molecule has 122 valence electrons. The quantitative estimate of drug-likeness (QED) is 0.769. The average molecular weight is 324 g/mol. The first-order valence-electron chi connectivity index (χ1n) is 7.19. The van der Waals surface area contributed by atoms with Crippen molar-refractivity contribution in [2.24, 2.45) is 0 Å². The van der Waals surface area contributed by atoms with Gasteiger partial charge < -0.3 is 15.4 Å². The Hall–Kier alpha value is -3.42. The topological polar surface area (TPSA) is 94.0 Å². The van der Waals surface area contributed by atoms with E-state index in [0.717, 1.165) is 11.3 Å². The third-order valence-corrected chi connectivity index (χ3v) is 3.31. The number of hydrogen-bond donors (Lipinski definition) is 2. The van der Waals surface area contributed by atoms with Crippen LogP contribution in [0.1, 0.15) is 5.56 Å². The van der Waals surface area contributed by atoms with Gasteiger partial charge >= 0.3 is 6.03 Å². The summed E-state index contributed by atoms with van der Waals surface area (Å²) in [5.41, 5.74) is 2.09. The zero-order chi connectivity index (χ0) is 16.9. The van der Waals surface area contributed by atoms with Crippen LogP contribution in [-0.2, 0) is 0 Å². The predicted molar refractivity (Wildman–Crippen MR) is 89.5 cm³/mol. The van der Waals surface area contributed by atoms with Gasteiger partial charge in [0.1, 0.15) is 12.1 Å². The second-order valence-electron chi connectivity index (χ2n) is 5.00. The highest BCUT2D eigenvalue weighted by molar-refractivity contribution is 6.00. The van der Waals surface area contributed by atoms with E-state index in [-0.39, 0.29) is 6.03 Å². The Balaban J connectivity index is 1.64. The molecular formula is C16H16N6O2. The van der Waals surface area contributed by atoms with Crippen molar-refractivity contribution in [3.63, 3.8) is 0 Å². The van der Waals surface area contributed by atoms with Crippen LogP contribution in [0.25, 0.3) is 5.95 Å². The largest absolute Gasteiger partial charge is 0.497 e. The summed E-state index contributed by atoms with van der Waals surface area (Å²) in [5, 5.41) is 5.46. The van der Waals surface area contributed by atoms with Gasteiger partial charge in [-0.15, -0.1) is 0 Å². The Kier molecular flexibility index (Phi) is 4.37. The molecule has 2 heterocycles. The smallest absolute Gasteiger partial charge is 0.323 e. The molecule has 0 fully saturated rings. The van der Waals surface area contributed by atoms with Crippen LogP contribution in [0, 0.1) is 6.92 Å². The summed E-state index contributed by atoms with van der Waals surface area (Å²) in [7, 11) is 1.60. The number of methoxy groups -OCH3 is 1. The summed E-state index contributed by atoms with van der Waals surface area (Å²) in [6.07, 6.45) is 8.04. The van der Waals surface area contributed by atoms with E-state index in [9.17, 15) is 4.79 Å². The number of urea groups is 1. The number of rotatable bonds is 4. The number of imidazole rings is 1. The SMILES string of the molecule is COc1ccc(NC(=O)Nc2cnc(-n3ccnc3)nc2)c(C)c1. The lowest BCUT2D eigenvalue weighted by Crippen LogP contribution is -2.20. The number of benzene rings is 1. The van der Waals surface area contributed by atoms with E-state index in [1.54, 1.807) is 42.5 Å². The summed E-state index contributed by atoms with van der Waals surface area (Å²) in [4.78, 5) is 24.4. The molecule has 3 rings (SSSR count). The minimum atomic E-state index is -0.373. The fourth-order valence-electron chi connectivity index (χ4n) is 2.08. The maximum atomic E-state index is 12.1. The van der Waals surface area contributed by atoms with Gasteiger partial charge in [0, 0.05) is 18.1 Å². The second-order valence-corrected chi connectivity index (χ2v) is 5.00. The fraction of sp³-hybridized carbons (Fsp3) is 0.125. The first-order valence-corrected chi connectivity index (χ1v) is 7.19. The highest BCUT2D eigenvalue weighted by Crippen LogP contribution is 2.21. The Labute approximate surface area is 138 Å². The van der Waals surface area contributed by atoms with Gasteiger partial charge in [0.25, 0.3) is 0 Å². The van der Waals surface area contributed by atoms with Crippen molar-refractivity contribution in [2.45, 2.75) is 6.92 Å². The number of carbonyl (C=O) groups is 1. The van der Waals surface area contributed by atoms with Gasteiger partial charge in [0.2, 0.25) is 5.95 Å². The molecule has 0 aliphatic heterocycles. The molecule has 0 saturated carbocycles. The molecule has 8 heteroatoms. The molecule has 0 radical (unpaired) electrons. The van der Waals surface area contributed by atoms with E-state index in [1.165, 1.54) is 12.4 Å². The summed E-state index contributed by atoms with van der Waals surface area (Å²) in [6, 6.07) is 5.04. The van der Waals surface area contributed by atoms with E-state index >= 15 is 0 Å². The van der Waals surface area contributed by atoms with Gasteiger partial charge in [-0.2, -0.15) is 0 Å². The van der Waals surface area contributed by atoms with Gasteiger partial charge in [-0.05, 0) is 30.7 Å². The molecule has 0 aliphatic carbocycles. The normalized spacial score (nSPS) is 10.2. The van der Waals surface area contributed by atoms with E-state index in [1.807, 2.05) is 13.0 Å². The molecule has 0 aliphatic rings. The van der Waals surface area contributed by atoms with Crippen LogP contribution >= 0.6 is 0 Å². The van der Waals surface area contributed by atoms with E-state index in [2.05, 4.69) is 25.6 Å². The Morgan fingerprint density at radius 1 is 1.21 bits per heavy atom. The Morgan fingerprint density at radius 2 is 2.00 bits per heavy atom. The number of anilines is 2. The Bertz CT molecular complexity index is 830. The summed E-state index contributed by atoms with van der Waals surface area (Å²) in [6.45, 7) is 1.89. The van der Waals surface area contributed by atoms with E-state index < -0.39 is 0 Å². The summed E-state index contributed by atoms with van der Waals surface area (Å²) >= 11 is 0. The van der Waals surface area contributed by atoms with Gasteiger partial charge in [0.15, 0.2) is 0 Å². The standard InChI is InChI=1S/C16H16N6O2/c1-11-7-13(24-2)3-4-14(11)21-16(23)20-12-8-18-15(19-9-12)22-6-5-17-10-22/h3-10H,1-2H3,(H2,20,21,23). The van der Waals surface area contributed by atoms with Gasteiger partial charge in [-0.25, -0.2) is 19.7 Å². The molecule has 0 bridgehead atoms. The minimum absolute atomic E-state index is 0.373. The van der Waals surface area contributed by atoms with Crippen LogP contribution in [0.2, 0.25) is 0 Å². The monoisotopic (exact) mass is 324 g/mol. The molecular weight excluding hydrogens is 308 g/mol. The number of ether oxygens (including phenoxy) is 1. The molecule has 0 spiro atoms. The summed E-state index contributed by atoms with van der Waals surface area (Å²) in [5.74, 6) is 1.21. The van der Waals surface area contributed by atoms with Crippen LogP contribution in [0.15, 0.2) is 49.3 Å². The number of nitrogens with zero attached hydrogens (tertiary/aromatic N) is 4. The van der Waals surface area contributed by atoms with Crippen LogP contribution in [0.4, 0.5) is 16.2 Å². The molecule has 3 aromatic rings. The van der Waals surface area contributed by atoms with Crippen LogP contribution in [0.5, 0.6) is 5.75 Å². The number of amides is 2. The van der Waals surface area contributed by atoms with Crippen molar-refractivity contribution in [3.05, 3.63) is 54.9 Å². The minimum Gasteiger partial charge on any atom is -0.497 e. The lowest BCUT2D eigenvalue weighted by molar-refractivity contribution is 0.262. The van der Waals surface area contributed by atoms with E-state index in [4.69, 9.17) is 4.74 Å². The number of aromatic nitrogens is 4.